The van der Waals surface area contributed by atoms with Crippen molar-refractivity contribution in [1.82, 2.24) is 5.32 Å². The molecule has 6 heteroatoms. The van der Waals surface area contributed by atoms with E-state index in [1.165, 1.54) is 0 Å². The highest BCUT2D eigenvalue weighted by atomic mass is 35.5. The van der Waals surface area contributed by atoms with Gasteiger partial charge in [-0.15, -0.1) is 0 Å². The van der Waals surface area contributed by atoms with Gasteiger partial charge in [0.25, 0.3) is 0 Å². The lowest BCUT2D eigenvalue weighted by Gasteiger charge is -2.20. The lowest BCUT2D eigenvalue weighted by Crippen LogP contribution is -2.46. The molecule has 3 N–H and O–H groups in total. The summed E-state index contributed by atoms with van der Waals surface area (Å²) in [6, 6.07) is 7.02. The first-order chi connectivity index (χ1) is 9.76. The molecule has 0 spiro atoms. The summed E-state index contributed by atoms with van der Waals surface area (Å²) in [7, 11) is 0. The monoisotopic (exact) mass is 309 g/mol. The Kier molecular flexibility index (Phi) is 4.54. The third kappa shape index (κ3) is 4.19. The Morgan fingerprint density at radius 3 is 2.62 bits per heavy atom. The van der Waals surface area contributed by atoms with Crippen LogP contribution in [-0.4, -0.2) is 30.4 Å². The summed E-state index contributed by atoms with van der Waals surface area (Å²) in [5, 5.41) is 3.42. The molecule has 2 rings (SSSR count). The number of carbonyl (C=O) groups excluding carboxylic acids is 2. The van der Waals surface area contributed by atoms with Crippen LogP contribution in [0.1, 0.15) is 20.3 Å². The summed E-state index contributed by atoms with van der Waals surface area (Å²) in [6.45, 7) is 4.45. The van der Waals surface area contributed by atoms with Crippen molar-refractivity contribution in [3.05, 3.63) is 29.3 Å². The highest BCUT2D eigenvalue weighted by Gasteiger charge is 2.35. The molecular weight excluding hydrogens is 290 g/mol. The van der Waals surface area contributed by atoms with E-state index >= 15 is 0 Å². The van der Waals surface area contributed by atoms with Crippen LogP contribution in [0.2, 0.25) is 5.02 Å². The molecule has 21 heavy (non-hydrogen) atoms. The Labute approximate surface area is 129 Å². The van der Waals surface area contributed by atoms with Gasteiger partial charge in [-0.3, -0.25) is 9.59 Å². The number of nitrogens with one attached hydrogen (secondary N) is 1. The molecule has 0 saturated carbocycles. The van der Waals surface area contributed by atoms with Crippen LogP contribution in [0.5, 0.6) is 0 Å². The fraction of sp³-hybridized carbons (Fsp3) is 0.467. The van der Waals surface area contributed by atoms with E-state index in [9.17, 15) is 9.59 Å². The standard InChI is InChI=1S/C15H20ClN3O2/c1-15(2,17)9-18-14(21)10-7-13(20)19(8-10)12-5-3-11(16)4-6-12/h3-6,10H,7-9,17H2,1-2H3,(H,18,21). The number of anilines is 1. The van der Waals surface area contributed by atoms with Gasteiger partial charge in [-0.1, -0.05) is 11.6 Å². The molecule has 5 nitrogen and oxygen atoms in total. The molecule has 1 saturated heterocycles. The largest absolute Gasteiger partial charge is 0.354 e. The van der Waals surface area contributed by atoms with Crippen molar-refractivity contribution in [1.29, 1.82) is 0 Å². The summed E-state index contributed by atoms with van der Waals surface area (Å²) in [5.41, 5.74) is 6.14. The van der Waals surface area contributed by atoms with Gasteiger partial charge >= 0.3 is 0 Å². The molecule has 1 atom stereocenters. The fourth-order valence-corrected chi connectivity index (χ4v) is 2.34. The van der Waals surface area contributed by atoms with Crippen LogP contribution >= 0.6 is 11.6 Å². The van der Waals surface area contributed by atoms with Crippen LogP contribution < -0.4 is 16.0 Å². The van der Waals surface area contributed by atoms with E-state index in [1.807, 2.05) is 13.8 Å². The van der Waals surface area contributed by atoms with Gasteiger partial charge < -0.3 is 16.0 Å². The molecule has 0 radical (unpaired) electrons. The van der Waals surface area contributed by atoms with Gasteiger partial charge in [0.05, 0.1) is 5.92 Å². The van der Waals surface area contributed by atoms with E-state index in [4.69, 9.17) is 17.3 Å². The number of nitrogens with zero attached hydrogens (tertiary/aromatic N) is 1. The van der Waals surface area contributed by atoms with Crippen molar-refractivity contribution >= 4 is 29.1 Å². The average molecular weight is 310 g/mol. The summed E-state index contributed by atoms with van der Waals surface area (Å²) >= 11 is 5.84. The number of rotatable bonds is 4. The maximum absolute atomic E-state index is 12.1. The molecule has 2 amide bonds. The predicted octanol–water partition coefficient (Wildman–Crippen LogP) is 1.55. The first-order valence-electron chi connectivity index (χ1n) is 6.89. The number of carbonyl (C=O) groups is 2. The summed E-state index contributed by atoms with van der Waals surface area (Å²) < 4.78 is 0. The molecule has 1 aliphatic rings. The van der Waals surface area contributed by atoms with Crippen LogP contribution in [0.25, 0.3) is 0 Å². The van der Waals surface area contributed by atoms with Gasteiger partial charge in [0.15, 0.2) is 0 Å². The Bertz CT molecular complexity index is 537. The first kappa shape index (κ1) is 15.8. The molecular formula is C15H20ClN3O2. The summed E-state index contributed by atoms with van der Waals surface area (Å²) in [6.07, 6.45) is 0.222. The van der Waals surface area contributed by atoms with Crippen molar-refractivity contribution in [2.75, 3.05) is 18.0 Å². The van der Waals surface area contributed by atoms with Gasteiger partial charge in [0.1, 0.15) is 0 Å². The second kappa shape index (κ2) is 6.03. The van der Waals surface area contributed by atoms with E-state index in [2.05, 4.69) is 5.32 Å². The number of amides is 2. The van der Waals surface area contributed by atoms with E-state index < -0.39 is 5.54 Å². The van der Waals surface area contributed by atoms with Crippen LogP contribution in [0.4, 0.5) is 5.69 Å². The zero-order valence-electron chi connectivity index (χ0n) is 12.2. The molecule has 1 aromatic carbocycles. The topological polar surface area (TPSA) is 75.4 Å². The van der Waals surface area contributed by atoms with Gasteiger partial charge in [-0.05, 0) is 38.1 Å². The van der Waals surface area contributed by atoms with Crippen molar-refractivity contribution < 1.29 is 9.59 Å². The minimum Gasteiger partial charge on any atom is -0.354 e. The SMILES string of the molecule is CC(C)(N)CNC(=O)C1CC(=O)N(c2ccc(Cl)cc2)C1. The van der Waals surface area contributed by atoms with Crippen molar-refractivity contribution in [3.63, 3.8) is 0 Å². The number of benzene rings is 1. The average Bonchev–Trinajstić information content (AvgIpc) is 2.78. The van der Waals surface area contributed by atoms with Crippen molar-refractivity contribution in [3.8, 4) is 0 Å². The van der Waals surface area contributed by atoms with E-state index in [1.54, 1.807) is 29.2 Å². The van der Waals surface area contributed by atoms with Crippen molar-refractivity contribution in [2.45, 2.75) is 25.8 Å². The Morgan fingerprint density at radius 2 is 2.05 bits per heavy atom. The number of hydrogen-bond donors (Lipinski definition) is 2. The first-order valence-corrected chi connectivity index (χ1v) is 7.26. The Hall–Kier alpha value is -1.59. The van der Waals surface area contributed by atoms with Crippen LogP contribution in [0, 0.1) is 5.92 Å². The van der Waals surface area contributed by atoms with Crippen LogP contribution in [0.3, 0.4) is 0 Å². The maximum atomic E-state index is 12.1. The predicted molar refractivity (Wildman–Crippen MR) is 83.2 cm³/mol. The molecule has 0 bridgehead atoms. The van der Waals surface area contributed by atoms with Crippen molar-refractivity contribution in [2.24, 2.45) is 11.7 Å². The second-order valence-electron chi connectivity index (χ2n) is 6.09. The number of hydrogen-bond acceptors (Lipinski definition) is 3. The van der Waals surface area contributed by atoms with Gasteiger partial charge in [0.2, 0.25) is 11.8 Å². The number of halogens is 1. The minimum atomic E-state index is -0.464. The molecule has 1 unspecified atom stereocenters. The van der Waals surface area contributed by atoms with Gasteiger partial charge in [-0.25, -0.2) is 0 Å². The molecule has 1 fully saturated rings. The zero-order chi connectivity index (χ0) is 15.6. The van der Waals surface area contributed by atoms with E-state index in [-0.39, 0.29) is 24.2 Å². The fourth-order valence-electron chi connectivity index (χ4n) is 2.21. The molecule has 1 heterocycles. The van der Waals surface area contributed by atoms with E-state index in [0.29, 0.717) is 18.1 Å². The Balaban J connectivity index is 1.99. The normalized spacial score (nSPS) is 19.0. The Morgan fingerprint density at radius 1 is 1.43 bits per heavy atom. The zero-order valence-corrected chi connectivity index (χ0v) is 13.0. The quantitative estimate of drug-likeness (QED) is 0.886. The molecule has 114 valence electrons. The second-order valence-corrected chi connectivity index (χ2v) is 6.52. The molecule has 1 aromatic rings. The highest BCUT2D eigenvalue weighted by Crippen LogP contribution is 2.26. The van der Waals surface area contributed by atoms with Gasteiger partial charge in [-0.2, -0.15) is 0 Å². The maximum Gasteiger partial charge on any atom is 0.227 e. The summed E-state index contributed by atoms with van der Waals surface area (Å²) in [5.74, 6) is -0.515. The number of nitrogens with two attached hydrogens (primary N) is 1. The molecule has 0 aromatic heterocycles. The lowest BCUT2D eigenvalue weighted by atomic mass is 10.1. The third-order valence-electron chi connectivity index (χ3n) is 3.35. The van der Waals surface area contributed by atoms with Gasteiger partial charge in [0, 0.05) is 35.8 Å². The molecule has 1 aliphatic heterocycles. The minimum absolute atomic E-state index is 0.0514. The van der Waals surface area contributed by atoms with E-state index in [0.717, 1.165) is 5.69 Å². The van der Waals surface area contributed by atoms with Crippen LogP contribution in [-0.2, 0) is 9.59 Å². The smallest absolute Gasteiger partial charge is 0.227 e. The third-order valence-corrected chi connectivity index (χ3v) is 3.60. The summed E-state index contributed by atoms with van der Waals surface area (Å²) in [4.78, 5) is 25.8. The van der Waals surface area contributed by atoms with Crippen LogP contribution in [0.15, 0.2) is 24.3 Å². The highest BCUT2D eigenvalue weighted by molar-refractivity contribution is 6.30. The molecule has 0 aliphatic carbocycles. The lowest BCUT2D eigenvalue weighted by molar-refractivity contribution is -0.126.